The monoisotopic (exact) mass is 209 g/mol. The van der Waals surface area contributed by atoms with E-state index in [2.05, 4.69) is 0 Å². The van der Waals surface area contributed by atoms with Gasteiger partial charge in [-0.1, -0.05) is 6.07 Å². The van der Waals surface area contributed by atoms with Crippen LogP contribution in [0.1, 0.15) is 10.4 Å². The summed E-state index contributed by atoms with van der Waals surface area (Å²) in [5.74, 6) is 0.0739. The minimum absolute atomic E-state index is 0.265. The van der Waals surface area contributed by atoms with Gasteiger partial charge in [0.05, 0.1) is 12.7 Å². The summed E-state index contributed by atoms with van der Waals surface area (Å²) in [6, 6.07) is 4.85. The van der Waals surface area contributed by atoms with Crippen molar-refractivity contribution in [1.82, 2.24) is 0 Å². The number of nitrogens with two attached hydrogens (primary N) is 1. The minimum Gasteiger partial charge on any atom is -0.496 e. The first-order chi connectivity index (χ1) is 7.19. The number of aldehydes is 1. The molecule has 0 heterocycles. The standard InChI is InChI=1S/C10H11NO4/c1-14-8-3-2-4-9(7(8)5-12)15-6-10(11)13/h2-5H,6H2,1H3,(H2,11,13). The maximum atomic E-state index is 10.8. The second-order valence-electron chi connectivity index (χ2n) is 2.74. The Morgan fingerprint density at radius 2 is 2.13 bits per heavy atom. The predicted octanol–water partition coefficient (Wildman–Crippen LogP) is 0.372. The van der Waals surface area contributed by atoms with Crippen molar-refractivity contribution in [3.05, 3.63) is 23.8 Å². The summed E-state index contributed by atoms with van der Waals surface area (Å²) in [6.45, 7) is -0.270. The number of hydrogen-bond donors (Lipinski definition) is 1. The molecular weight excluding hydrogens is 198 g/mol. The van der Waals surface area contributed by atoms with E-state index < -0.39 is 5.91 Å². The van der Waals surface area contributed by atoms with Gasteiger partial charge >= 0.3 is 0 Å². The number of methoxy groups -OCH3 is 1. The molecule has 0 fully saturated rings. The van der Waals surface area contributed by atoms with Crippen LogP contribution < -0.4 is 15.2 Å². The molecule has 0 bridgehead atoms. The molecule has 80 valence electrons. The maximum absolute atomic E-state index is 10.8. The van der Waals surface area contributed by atoms with E-state index in [1.54, 1.807) is 18.2 Å². The maximum Gasteiger partial charge on any atom is 0.255 e. The number of primary amides is 1. The zero-order chi connectivity index (χ0) is 11.3. The van der Waals surface area contributed by atoms with E-state index in [1.807, 2.05) is 0 Å². The predicted molar refractivity (Wildman–Crippen MR) is 53.1 cm³/mol. The number of amides is 1. The van der Waals surface area contributed by atoms with Gasteiger partial charge in [-0.15, -0.1) is 0 Å². The van der Waals surface area contributed by atoms with Crippen LogP contribution in [0, 0.1) is 0 Å². The average molecular weight is 209 g/mol. The summed E-state index contributed by atoms with van der Waals surface area (Å²) < 4.78 is 10.0. The summed E-state index contributed by atoms with van der Waals surface area (Å²) in [5, 5.41) is 0. The third-order valence-electron chi connectivity index (χ3n) is 1.73. The Kier molecular flexibility index (Phi) is 3.68. The van der Waals surface area contributed by atoms with Gasteiger partial charge in [-0.2, -0.15) is 0 Å². The Morgan fingerprint density at radius 3 is 2.67 bits per heavy atom. The van der Waals surface area contributed by atoms with Crippen molar-refractivity contribution in [2.75, 3.05) is 13.7 Å². The number of benzene rings is 1. The van der Waals surface area contributed by atoms with Crippen molar-refractivity contribution in [2.24, 2.45) is 5.73 Å². The van der Waals surface area contributed by atoms with E-state index in [4.69, 9.17) is 15.2 Å². The summed E-state index contributed by atoms with van der Waals surface area (Å²) in [4.78, 5) is 21.3. The van der Waals surface area contributed by atoms with Crippen LogP contribution >= 0.6 is 0 Å². The highest BCUT2D eigenvalue weighted by atomic mass is 16.5. The first kappa shape index (κ1) is 11.0. The normalized spacial score (nSPS) is 9.40. The average Bonchev–Trinajstić information content (AvgIpc) is 2.25. The molecule has 2 N–H and O–H groups in total. The SMILES string of the molecule is COc1cccc(OCC(N)=O)c1C=O. The van der Waals surface area contributed by atoms with Gasteiger partial charge in [0.2, 0.25) is 0 Å². The lowest BCUT2D eigenvalue weighted by Gasteiger charge is -2.09. The van der Waals surface area contributed by atoms with Gasteiger partial charge in [0.1, 0.15) is 11.5 Å². The molecule has 0 saturated carbocycles. The van der Waals surface area contributed by atoms with Gasteiger partial charge in [0.15, 0.2) is 12.9 Å². The lowest BCUT2D eigenvalue weighted by Crippen LogP contribution is -2.20. The molecule has 0 radical (unpaired) electrons. The van der Waals surface area contributed by atoms with Gasteiger partial charge in [0.25, 0.3) is 5.91 Å². The summed E-state index contributed by atoms with van der Waals surface area (Å²) in [5.41, 5.74) is 5.18. The summed E-state index contributed by atoms with van der Waals surface area (Å²) in [6.07, 6.45) is 0.606. The van der Waals surface area contributed by atoms with E-state index in [9.17, 15) is 9.59 Å². The molecule has 1 amide bonds. The molecule has 15 heavy (non-hydrogen) atoms. The molecule has 0 spiro atoms. The lowest BCUT2D eigenvalue weighted by molar-refractivity contribution is -0.119. The molecule has 1 aromatic carbocycles. The van der Waals surface area contributed by atoms with E-state index in [0.717, 1.165) is 0 Å². The highest BCUT2D eigenvalue weighted by Gasteiger charge is 2.09. The fraction of sp³-hybridized carbons (Fsp3) is 0.200. The number of hydrogen-bond acceptors (Lipinski definition) is 4. The largest absolute Gasteiger partial charge is 0.496 e. The quantitative estimate of drug-likeness (QED) is 0.710. The van der Waals surface area contributed by atoms with Crippen molar-refractivity contribution in [3.8, 4) is 11.5 Å². The van der Waals surface area contributed by atoms with Crippen LogP contribution in [0.5, 0.6) is 11.5 Å². The van der Waals surface area contributed by atoms with Gasteiger partial charge in [-0.25, -0.2) is 0 Å². The molecule has 0 aliphatic heterocycles. The van der Waals surface area contributed by atoms with Crippen LogP contribution in [0.15, 0.2) is 18.2 Å². The van der Waals surface area contributed by atoms with E-state index in [0.29, 0.717) is 12.0 Å². The topological polar surface area (TPSA) is 78.6 Å². The number of carbonyl (C=O) groups excluding carboxylic acids is 2. The molecule has 1 aromatic rings. The third kappa shape index (κ3) is 2.70. The smallest absolute Gasteiger partial charge is 0.255 e. The third-order valence-corrected chi connectivity index (χ3v) is 1.73. The van der Waals surface area contributed by atoms with Gasteiger partial charge in [-0.05, 0) is 12.1 Å². The number of rotatable bonds is 5. The van der Waals surface area contributed by atoms with Crippen molar-refractivity contribution >= 4 is 12.2 Å². The second-order valence-corrected chi connectivity index (χ2v) is 2.74. The van der Waals surface area contributed by atoms with Crippen LogP contribution in [0.2, 0.25) is 0 Å². The molecule has 5 nitrogen and oxygen atoms in total. The fourth-order valence-corrected chi connectivity index (χ4v) is 1.09. The van der Waals surface area contributed by atoms with E-state index in [-0.39, 0.29) is 17.9 Å². The Bertz CT molecular complexity index is 376. The van der Waals surface area contributed by atoms with Crippen LogP contribution in [-0.2, 0) is 4.79 Å². The Balaban J connectivity index is 2.95. The van der Waals surface area contributed by atoms with Crippen LogP contribution in [0.25, 0.3) is 0 Å². The Morgan fingerprint density at radius 1 is 1.47 bits per heavy atom. The highest BCUT2D eigenvalue weighted by Crippen LogP contribution is 2.26. The van der Waals surface area contributed by atoms with Crippen molar-refractivity contribution in [2.45, 2.75) is 0 Å². The first-order valence-electron chi connectivity index (χ1n) is 4.22. The molecule has 0 aliphatic rings. The number of carbonyl (C=O) groups is 2. The van der Waals surface area contributed by atoms with Gasteiger partial charge in [-0.3, -0.25) is 9.59 Å². The lowest BCUT2D eigenvalue weighted by atomic mass is 10.2. The molecule has 5 heteroatoms. The van der Waals surface area contributed by atoms with E-state index >= 15 is 0 Å². The van der Waals surface area contributed by atoms with Crippen molar-refractivity contribution in [3.63, 3.8) is 0 Å². The molecule has 0 aromatic heterocycles. The van der Waals surface area contributed by atoms with Crippen molar-refractivity contribution in [1.29, 1.82) is 0 Å². The molecular formula is C10H11NO4. The molecule has 0 saturated heterocycles. The molecule has 0 atom stereocenters. The van der Waals surface area contributed by atoms with Crippen LogP contribution in [0.3, 0.4) is 0 Å². The Hall–Kier alpha value is -2.04. The highest BCUT2D eigenvalue weighted by molar-refractivity contribution is 5.84. The van der Waals surface area contributed by atoms with Gasteiger partial charge in [0, 0.05) is 0 Å². The van der Waals surface area contributed by atoms with E-state index in [1.165, 1.54) is 7.11 Å². The molecule has 0 unspecified atom stereocenters. The zero-order valence-electron chi connectivity index (χ0n) is 8.23. The number of ether oxygens (including phenoxy) is 2. The van der Waals surface area contributed by atoms with Crippen LogP contribution in [-0.4, -0.2) is 25.9 Å². The second kappa shape index (κ2) is 4.99. The minimum atomic E-state index is -0.602. The zero-order valence-corrected chi connectivity index (χ0v) is 8.23. The molecule has 1 rings (SSSR count). The van der Waals surface area contributed by atoms with Gasteiger partial charge < -0.3 is 15.2 Å². The fourth-order valence-electron chi connectivity index (χ4n) is 1.09. The summed E-state index contributed by atoms with van der Waals surface area (Å²) in [7, 11) is 1.44. The van der Waals surface area contributed by atoms with Crippen LogP contribution in [0.4, 0.5) is 0 Å². The molecule has 0 aliphatic carbocycles. The first-order valence-corrected chi connectivity index (χ1v) is 4.22. The van der Waals surface area contributed by atoms with Crippen molar-refractivity contribution < 1.29 is 19.1 Å². The summed E-state index contributed by atoms with van der Waals surface area (Å²) >= 11 is 0. The Labute approximate surface area is 86.8 Å².